The summed E-state index contributed by atoms with van der Waals surface area (Å²) >= 11 is 7.21. The van der Waals surface area contributed by atoms with Gasteiger partial charge in [0.1, 0.15) is 0 Å². The Balaban J connectivity index is 2.18. The number of thiophene rings is 1. The number of hydrogen-bond donors (Lipinski definition) is 1. The molecule has 2 rings (SSSR count). The van der Waals surface area contributed by atoms with Crippen LogP contribution < -0.4 is 4.83 Å². The predicted octanol–water partition coefficient (Wildman–Crippen LogP) is 3.10. The van der Waals surface area contributed by atoms with E-state index in [0.717, 1.165) is 4.88 Å². The smallest absolute Gasteiger partial charge is 0.200 e. The average Bonchev–Trinajstić information content (AvgIpc) is 2.90. The van der Waals surface area contributed by atoms with E-state index in [4.69, 9.17) is 11.6 Å². The molecule has 100 valence electrons. The van der Waals surface area contributed by atoms with Crippen molar-refractivity contribution >= 4 is 38.7 Å². The lowest BCUT2D eigenvalue weighted by molar-refractivity contribution is 0.584. The van der Waals surface area contributed by atoms with Crippen LogP contribution in [0.25, 0.3) is 0 Å². The van der Waals surface area contributed by atoms with Gasteiger partial charge in [-0.2, -0.15) is 18.4 Å². The normalized spacial score (nSPS) is 12.4. The van der Waals surface area contributed by atoms with Crippen LogP contribution >= 0.6 is 22.9 Å². The second kappa shape index (κ2) is 5.73. The van der Waals surface area contributed by atoms with Gasteiger partial charge in [0, 0.05) is 5.02 Å². The first kappa shape index (κ1) is 14.0. The molecule has 0 amide bonds. The van der Waals surface area contributed by atoms with E-state index in [0.29, 0.717) is 10.7 Å². The molecule has 1 heterocycles. The standard InChI is InChI=1S/C12H11ClN2O2S2/c1-9(12-3-2-8-18-12)14-15-19(16,17)11-6-4-10(13)5-7-11/h2-8,15H,1H3. The summed E-state index contributed by atoms with van der Waals surface area (Å²) < 4.78 is 23.9. The van der Waals surface area contributed by atoms with Crippen LogP contribution in [-0.4, -0.2) is 14.1 Å². The zero-order valence-corrected chi connectivity index (χ0v) is 12.4. The van der Waals surface area contributed by atoms with Crippen molar-refractivity contribution in [2.24, 2.45) is 5.10 Å². The maximum atomic E-state index is 12.0. The summed E-state index contributed by atoms with van der Waals surface area (Å²) in [6, 6.07) is 9.66. The minimum atomic E-state index is -3.65. The molecule has 0 spiro atoms. The van der Waals surface area contributed by atoms with Crippen LogP contribution in [0.1, 0.15) is 11.8 Å². The molecule has 0 aliphatic heterocycles. The molecule has 19 heavy (non-hydrogen) atoms. The Morgan fingerprint density at radius 1 is 1.26 bits per heavy atom. The largest absolute Gasteiger partial charge is 0.276 e. The molecule has 0 aliphatic rings. The van der Waals surface area contributed by atoms with Gasteiger partial charge < -0.3 is 0 Å². The van der Waals surface area contributed by atoms with Gasteiger partial charge in [-0.3, -0.25) is 0 Å². The first-order valence-corrected chi connectivity index (χ1v) is 8.09. The van der Waals surface area contributed by atoms with Crippen molar-refractivity contribution in [3.8, 4) is 0 Å². The molecule has 2 aromatic rings. The second-order valence-corrected chi connectivity index (χ2v) is 6.77. The highest BCUT2D eigenvalue weighted by atomic mass is 35.5. The van der Waals surface area contributed by atoms with Gasteiger partial charge >= 0.3 is 0 Å². The Bertz CT molecular complexity index is 677. The van der Waals surface area contributed by atoms with Crippen molar-refractivity contribution < 1.29 is 8.42 Å². The number of halogens is 1. The monoisotopic (exact) mass is 314 g/mol. The summed E-state index contributed by atoms with van der Waals surface area (Å²) in [5.41, 5.74) is 0.618. The molecule has 0 saturated heterocycles. The Kier molecular flexibility index (Phi) is 4.24. The highest BCUT2D eigenvalue weighted by molar-refractivity contribution is 7.89. The first-order valence-electron chi connectivity index (χ1n) is 5.34. The van der Waals surface area contributed by atoms with E-state index in [1.54, 1.807) is 6.92 Å². The van der Waals surface area contributed by atoms with Crippen LogP contribution in [0, 0.1) is 0 Å². The fraction of sp³-hybridized carbons (Fsp3) is 0.0833. The van der Waals surface area contributed by atoms with E-state index in [1.165, 1.54) is 35.6 Å². The third kappa shape index (κ3) is 3.56. The minimum Gasteiger partial charge on any atom is -0.200 e. The summed E-state index contributed by atoms with van der Waals surface area (Å²) in [5.74, 6) is 0. The van der Waals surface area contributed by atoms with Crippen LogP contribution in [0.5, 0.6) is 0 Å². The topological polar surface area (TPSA) is 58.5 Å². The van der Waals surface area contributed by atoms with E-state index in [1.807, 2.05) is 17.5 Å². The molecule has 7 heteroatoms. The maximum absolute atomic E-state index is 12.0. The predicted molar refractivity (Wildman–Crippen MR) is 78.3 cm³/mol. The molecule has 0 unspecified atom stereocenters. The summed E-state index contributed by atoms with van der Waals surface area (Å²) in [4.78, 5) is 3.25. The van der Waals surface area contributed by atoms with Crippen LogP contribution in [-0.2, 0) is 10.0 Å². The summed E-state index contributed by atoms with van der Waals surface area (Å²) in [6.07, 6.45) is 0. The molecular weight excluding hydrogens is 304 g/mol. The number of nitrogens with zero attached hydrogens (tertiary/aromatic N) is 1. The number of hydrazone groups is 1. The highest BCUT2D eigenvalue weighted by Crippen LogP contribution is 2.14. The quantitative estimate of drug-likeness (QED) is 0.696. The lowest BCUT2D eigenvalue weighted by atomic mass is 10.3. The van der Waals surface area contributed by atoms with E-state index in [2.05, 4.69) is 9.93 Å². The summed E-state index contributed by atoms with van der Waals surface area (Å²) in [5, 5.41) is 6.28. The maximum Gasteiger partial charge on any atom is 0.276 e. The Morgan fingerprint density at radius 2 is 1.95 bits per heavy atom. The molecular formula is C12H11ClN2O2S2. The van der Waals surface area contributed by atoms with Crippen molar-refractivity contribution in [3.05, 3.63) is 51.7 Å². The molecule has 1 aromatic heterocycles. The van der Waals surface area contributed by atoms with Crippen molar-refractivity contribution in [1.82, 2.24) is 4.83 Å². The fourth-order valence-corrected chi connectivity index (χ4v) is 2.99. The molecule has 0 fully saturated rings. The number of rotatable bonds is 4. The van der Waals surface area contributed by atoms with E-state index < -0.39 is 10.0 Å². The molecule has 0 saturated carbocycles. The lowest BCUT2D eigenvalue weighted by Gasteiger charge is -2.04. The zero-order chi connectivity index (χ0) is 13.9. The van der Waals surface area contributed by atoms with E-state index in [9.17, 15) is 8.42 Å². The van der Waals surface area contributed by atoms with Crippen molar-refractivity contribution in [3.63, 3.8) is 0 Å². The Morgan fingerprint density at radius 3 is 2.53 bits per heavy atom. The molecule has 4 nitrogen and oxygen atoms in total. The van der Waals surface area contributed by atoms with Crippen LogP contribution in [0.3, 0.4) is 0 Å². The number of nitrogens with one attached hydrogen (secondary N) is 1. The van der Waals surface area contributed by atoms with Crippen molar-refractivity contribution in [2.45, 2.75) is 11.8 Å². The minimum absolute atomic E-state index is 0.125. The highest BCUT2D eigenvalue weighted by Gasteiger charge is 2.12. The van der Waals surface area contributed by atoms with Gasteiger partial charge in [-0.1, -0.05) is 17.7 Å². The molecule has 1 N–H and O–H groups in total. The summed E-state index contributed by atoms with van der Waals surface area (Å²) in [6.45, 7) is 1.75. The number of hydrogen-bond acceptors (Lipinski definition) is 4. The molecule has 0 radical (unpaired) electrons. The molecule has 0 aliphatic carbocycles. The zero-order valence-electron chi connectivity index (χ0n) is 10.00. The summed E-state index contributed by atoms with van der Waals surface area (Å²) in [7, 11) is -3.65. The van der Waals surface area contributed by atoms with Gasteiger partial charge in [0.2, 0.25) is 0 Å². The van der Waals surface area contributed by atoms with Gasteiger partial charge in [-0.05, 0) is 42.6 Å². The lowest BCUT2D eigenvalue weighted by Crippen LogP contribution is -2.19. The second-order valence-electron chi connectivity index (χ2n) is 3.72. The Labute approximate surface area is 120 Å². The van der Waals surface area contributed by atoms with Gasteiger partial charge in [0.25, 0.3) is 10.0 Å². The van der Waals surface area contributed by atoms with Crippen molar-refractivity contribution in [2.75, 3.05) is 0 Å². The number of benzene rings is 1. The Hall–Kier alpha value is -1.37. The van der Waals surface area contributed by atoms with Gasteiger partial charge in [0.05, 0.1) is 15.5 Å². The number of sulfonamides is 1. The van der Waals surface area contributed by atoms with E-state index in [-0.39, 0.29) is 4.90 Å². The molecule has 0 bridgehead atoms. The fourth-order valence-electron chi connectivity index (χ4n) is 1.33. The molecule has 1 aromatic carbocycles. The van der Waals surface area contributed by atoms with Crippen molar-refractivity contribution in [1.29, 1.82) is 0 Å². The average molecular weight is 315 g/mol. The third-order valence-electron chi connectivity index (χ3n) is 2.34. The van der Waals surface area contributed by atoms with Gasteiger partial charge in [-0.25, -0.2) is 0 Å². The van der Waals surface area contributed by atoms with Crippen LogP contribution in [0.2, 0.25) is 5.02 Å². The van der Waals surface area contributed by atoms with Crippen LogP contribution in [0.15, 0.2) is 51.8 Å². The molecule has 0 atom stereocenters. The van der Waals surface area contributed by atoms with Gasteiger partial charge in [0.15, 0.2) is 0 Å². The third-order valence-corrected chi connectivity index (χ3v) is 4.79. The van der Waals surface area contributed by atoms with E-state index >= 15 is 0 Å². The SMILES string of the molecule is CC(=NNS(=O)(=O)c1ccc(Cl)cc1)c1cccs1. The van der Waals surface area contributed by atoms with Gasteiger partial charge in [-0.15, -0.1) is 11.3 Å². The van der Waals surface area contributed by atoms with Crippen LogP contribution in [0.4, 0.5) is 0 Å². The first-order chi connectivity index (χ1) is 8.99.